The third kappa shape index (κ3) is 6.32. The lowest BCUT2D eigenvalue weighted by Crippen LogP contribution is -2.40. The third-order valence-corrected chi connectivity index (χ3v) is 6.13. The number of aliphatic carboxylic acids is 1. The van der Waals surface area contributed by atoms with Crippen molar-refractivity contribution in [3.8, 4) is 5.75 Å². The third-order valence-electron chi connectivity index (χ3n) is 5.56. The lowest BCUT2D eigenvalue weighted by molar-refractivity contribution is -0.633. The molecule has 0 spiro atoms. The molecule has 1 N–H and O–H groups in total. The predicted octanol–water partition coefficient (Wildman–Crippen LogP) is 4.16. The second kappa shape index (κ2) is 11.2. The fourth-order valence-electron chi connectivity index (χ4n) is 3.98. The number of nitro groups is 1. The number of fused-ring (bicyclic) bond motifs is 2. The summed E-state index contributed by atoms with van der Waals surface area (Å²) in [6.07, 6.45) is 0. The molecule has 0 amide bonds. The standard InChI is InChI=1S/C24H18N2O6.CHF3O3S/c1-14-11-16(26(30)31)12-15(2)23(14)32-24(29)22-17-7-3-5-9-19(17)25(13-21(27)28)20-10-6-4-8-18(20)22;2-1(3,4)8(5,6)7/h3-12H,13H2,1-2H3;(H,5,6,7). The number of carbonyl (C=O) groups excluding carboxylic acids is 1. The van der Waals surface area contributed by atoms with Crippen molar-refractivity contribution < 1.29 is 55.1 Å². The molecule has 40 heavy (non-hydrogen) atoms. The minimum absolute atomic E-state index is 0.0786. The van der Waals surface area contributed by atoms with Gasteiger partial charge in [-0.25, -0.2) is 18.0 Å². The van der Waals surface area contributed by atoms with Crippen molar-refractivity contribution in [2.75, 3.05) is 0 Å². The average molecular weight is 580 g/mol. The Morgan fingerprint density at radius 1 is 0.975 bits per heavy atom. The summed E-state index contributed by atoms with van der Waals surface area (Å²) >= 11 is 0. The number of para-hydroxylation sites is 2. The Balaban J connectivity index is 0.000000482. The van der Waals surface area contributed by atoms with E-state index in [-0.39, 0.29) is 18.0 Å². The number of carboxylic acid groups (broad SMARTS) is 1. The molecule has 0 atom stereocenters. The molecule has 0 saturated heterocycles. The highest BCUT2D eigenvalue weighted by Crippen LogP contribution is 2.31. The zero-order chi connectivity index (χ0) is 30.0. The number of carboxylic acids is 1. The Hall–Kier alpha value is -4.63. The second-order valence-electron chi connectivity index (χ2n) is 8.34. The lowest BCUT2D eigenvalue weighted by Gasteiger charge is -2.13. The van der Waals surface area contributed by atoms with E-state index in [0.717, 1.165) is 0 Å². The van der Waals surface area contributed by atoms with Crippen molar-refractivity contribution in [2.45, 2.75) is 25.9 Å². The highest BCUT2D eigenvalue weighted by atomic mass is 32.2. The summed E-state index contributed by atoms with van der Waals surface area (Å²) in [6, 6.07) is 16.8. The van der Waals surface area contributed by atoms with Crippen LogP contribution < -0.4 is 9.30 Å². The summed E-state index contributed by atoms with van der Waals surface area (Å²) in [5.41, 5.74) is -3.32. The number of aryl methyl sites for hydroxylation is 2. The zero-order valence-corrected chi connectivity index (χ0v) is 21.4. The van der Waals surface area contributed by atoms with Crippen LogP contribution in [0, 0.1) is 24.0 Å². The molecule has 4 rings (SSSR count). The Labute approximate surface area is 223 Å². The number of halogens is 3. The van der Waals surface area contributed by atoms with Gasteiger partial charge in [-0.2, -0.15) is 17.7 Å². The van der Waals surface area contributed by atoms with Gasteiger partial charge in [0.15, 0.2) is 10.1 Å². The first-order valence-electron chi connectivity index (χ1n) is 11.1. The van der Waals surface area contributed by atoms with Gasteiger partial charge in [-0.3, -0.25) is 10.1 Å². The number of alkyl halides is 3. The van der Waals surface area contributed by atoms with Crippen molar-refractivity contribution in [1.29, 1.82) is 0 Å². The molecule has 0 aliphatic carbocycles. The molecule has 15 heteroatoms. The summed E-state index contributed by atoms with van der Waals surface area (Å²) in [5.74, 6) is -1.37. The number of rotatable bonds is 5. The highest BCUT2D eigenvalue weighted by Gasteiger charge is 2.37. The highest BCUT2D eigenvalue weighted by molar-refractivity contribution is 7.86. The van der Waals surface area contributed by atoms with E-state index in [2.05, 4.69) is 0 Å². The molecule has 4 aromatic rings. The monoisotopic (exact) mass is 580 g/mol. The number of aromatic nitrogens is 1. The smallest absolute Gasteiger partial charge is 0.485 e. The van der Waals surface area contributed by atoms with Crippen LogP contribution in [0.3, 0.4) is 0 Å². The van der Waals surface area contributed by atoms with Crippen LogP contribution >= 0.6 is 0 Å². The molecule has 0 bridgehead atoms. The minimum atomic E-state index is -6.09. The summed E-state index contributed by atoms with van der Waals surface area (Å²) in [6.45, 7) is 3.02. The first-order chi connectivity index (χ1) is 18.5. The zero-order valence-electron chi connectivity index (χ0n) is 20.6. The molecule has 0 aliphatic rings. The fraction of sp³-hybridized carbons (Fsp3) is 0.160. The van der Waals surface area contributed by atoms with Gasteiger partial charge in [-0.1, -0.05) is 24.3 Å². The fourth-order valence-corrected chi connectivity index (χ4v) is 3.98. The second-order valence-corrected chi connectivity index (χ2v) is 9.72. The van der Waals surface area contributed by atoms with Crippen LogP contribution in [-0.4, -0.2) is 40.4 Å². The maximum Gasteiger partial charge on any atom is 0.485 e. The number of nitro benzene ring substituents is 1. The van der Waals surface area contributed by atoms with Crippen molar-refractivity contribution >= 4 is 49.5 Å². The Bertz CT molecular complexity index is 1690. The van der Waals surface area contributed by atoms with E-state index in [1.54, 1.807) is 66.9 Å². The number of carbonyl (C=O) groups is 2. The van der Waals surface area contributed by atoms with Crippen LogP contribution in [0.1, 0.15) is 21.5 Å². The molecule has 210 valence electrons. The van der Waals surface area contributed by atoms with Gasteiger partial charge in [0.2, 0.25) is 17.6 Å². The Morgan fingerprint density at radius 2 is 1.40 bits per heavy atom. The van der Waals surface area contributed by atoms with E-state index in [0.29, 0.717) is 38.5 Å². The van der Waals surface area contributed by atoms with E-state index in [9.17, 15) is 38.0 Å². The molecule has 3 aromatic carbocycles. The van der Waals surface area contributed by atoms with E-state index >= 15 is 0 Å². The largest absolute Gasteiger partial charge is 0.741 e. The van der Waals surface area contributed by atoms with Crippen molar-refractivity contribution in [1.82, 2.24) is 0 Å². The van der Waals surface area contributed by atoms with E-state index in [4.69, 9.17) is 17.7 Å². The van der Waals surface area contributed by atoms with Crippen molar-refractivity contribution in [3.05, 3.63) is 87.5 Å². The van der Waals surface area contributed by atoms with Gasteiger partial charge >= 0.3 is 17.4 Å². The van der Waals surface area contributed by atoms with E-state index in [1.165, 1.54) is 12.1 Å². The van der Waals surface area contributed by atoms with Crippen LogP contribution in [-0.2, 0) is 21.5 Å². The summed E-state index contributed by atoms with van der Waals surface area (Å²) in [7, 11) is -6.09. The van der Waals surface area contributed by atoms with Gasteiger partial charge in [0, 0.05) is 24.3 Å². The molecular weight excluding hydrogens is 561 g/mol. The Morgan fingerprint density at radius 3 is 1.77 bits per heavy atom. The maximum absolute atomic E-state index is 13.4. The number of hydrogen-bond acceptors (Lipinski definition) is 8. The van der Waals surface area contributed by atoms with E-state index in [1.807, 2.05) is 0 Å². The predicted molar refractivity (Wildman–Crippen MR) is 133 cm³/mol. The summed E-state index contributed by atoms with van der Waals surface area (Å²) in [5, 5.41) is 21.6. The molecule has 1 aromatic heterocycles. The van der Waals surface area contributed by atoms with Crippen LogP contribution in [0.25, 0.3) is 21.8 Å². The molecule has 0 saturated carbocycles. The van der Waals surface area contributed by atoms with Gasteiger partial charge < -0.3 is 14.4 Å². The molecule has 0 fully saturated rings. The number of benzene rings is 3. The van der Waals surface area contributed by atoms with Crippen LogP contribution in [0.15, 0.2) is 60.7 Å². The SMILES string of the molecule is Cc1cc([N+](=O)[O-])cc(C)c1OC(=O)c1c2ccccc2[n+](CC(=O)O)c2ccccc12.O=S(=O)([O-])C(F)(F)F. The first-order valence-corrected chi connectivity index (χ1v) is 12.5. The van der Waals surface area contributed by atoms with Crippen molar-refractivity contribution in [2.24, 2.45) is 0 Å². The number of non-ortho nitro benzene ring substituents is 1. The summed E-state index contributed by atoms with van der Waals surface area (Å²) in [4.78, 5) is 35.5. The van der Waals surface area contributed by atoms with Gasteiger partial charge in [-0.05, 0) is 37.1 Å². The average Bonchev–Trinajstić information content (AvgIpc) is 2.84. The molecule has 0 unspecified atom stereocenters. The molecule has 0 radical (unpaired) electrons. The normalized spacial score (nSPS) is 11.6. The topological polar surface area (TPSA) is 168 Å². The molecular formula is C25H19F3N2O9S. The first kappa shape index (κ1) is 29.9. The number of ether oxygens (including phenoxy) is 1. The number of nitrogens with zero attached hydrogens (tertiary/aromatic N) is 2. The maximum atomic E-state index is 13.4. The van der Waals surface area contributed by atoms with Crippen LogP contribution in [0.5, 0.6) is 5.75 Å². The van der Waals surface area contributed by atoms with Gasteiger partial charge in [0.25, 0.3) is 5.69 Å². The number of pyridine rings is 1. The quantitative estimate of drug-likeness (QED) is 0.0533. The van der Waals surface area contributed by atoms with Crippen molar-refractivity contribution in [3.63, 3.8) is 0 Å². The molecule has 11 nitrogen and oxygen atoms in total. The number of hydrogen-bond donors (Lipinski definition) is 1. The van der Waals surface area contributed by atoms with Gasteiger partial charge in [-0.15, -0.1) is 0 Å². The Kier molecular flexibility index (Phi) is 8.40. The van der Waals surface area contributed by atoms with Crippen LogP contribution in [0.4, 0.5) is 18.9 Å². The van der Waals surface area contributed by atoms with Crippen LogP contribution in [0.2, 0.25) is 0 Å². The minimum Gasteiger partial charge on any atom is -0.741 e. The molecule has 0 aliphatic heterocycles. The van der Waals surface area contributed by atoms with Gasteiger partial charge in [0.05, 0.1) is 21.3 Å². The molecule has 1 heterocycles. The van der Waals surface area contributed by atoms with Gasteiger partial charge in [0.1, 0.15) is 5.75 Å². The summed E-state index contributed by atoms with van der Waals surface area (Å²) < 4.78 is 66.3. The lowest BCUT2D eigenvalue weighted by atomic mass is 10.0. The number of esters is 1. The van der Waals surface area contributed by atoms with E-state index < -0.39 is 32.5 Å².